The molecule has 4 heteroatoms. The van der Waals surface area contributed by atoms with Crippen LogP contribution >= 0.6 is 15.9 Å². The summed E-state index contributed by atoms with van der Waals surface area (Å²) >= 11 is 3.20. The first-order valence-corrected chi connectivity index (χ1v) is 6.38. The normalized spacial score (nSPS) is 14.2. The van der Waals surface area contributed by atoms with Crippen molar-refractivity contribution in [1.82, 2.24) is 0 Å². The number of hydrogen-bond donors (Lipinski definition) is 0. The van der Waals surface area contributed by atoms with Gasteiger partial charge in [-0.3, -0.25) is 4.79 Å². The summed E-state index contributed by atoms with van der Waals surface area (Å²) in [6.45, 7) is 5.69. The lowest BCUT2D eigenvalue weighted by molar-refractivity contribution is -0.148. The highest BCUT2D eigenvalue weighted by molar-refractivity contribution is 9.10. The maximum absolute atomic E-state index is 13.7. The van der Waals surface area contributed by atoms with Crippen molar-refractivity contribution in [3.8, 4) is 0 Å². The molecule has 0 N–H and O–H groups in total. The minimum absolute atomic E-state index is 0.206. The maximum atomic E-state index is 13.7. The largest absolute Gasteiger partial charge is 0.466 e. The van der Waals surface area contributed by atoms with E-state index >= 15 is 0 Å². The third kappa shape index (κ3) is 3.53. The van der Waals surface area contributed by atoms with E-state index in [1.807, 2.05) is 6.92 Å². The molecule has 2 atom stereocenters. The van der Waals surface area contributed by atoms with Crippen molar-refractivity contribution < 1.29 is 13.9 Å². The molecule has 1 rings (SSSR count). The lowest BCUT2D eigenvalue weighted by atomic mass is 9.88. The van der Waals surface area contributed by atoms with Gasteiger partial charge in [-0.1, -0.05) is 35.8 Å². The molecule has 0 aliphatic rings. The van der Waals surface area contributed by atoms with E-state index in [0.717, 1.165) is 0 Å². The minimum Gasteiger partial charge on any atom is -0.466 e. The van der Waals surface area contributed by atoms with Crippen molar-refractivity contribution in [1.29, 1.82) is 0 Å². The van der Waals surface area contributed by atoms with Crippen LogP contribution in [0, 0.1) is 11.7 Å². The van der Waals surface area contributed by atoms with Gasteiger partial charge in [-0.2, -0.15) is 0 Å². The number of benzene rings is 1. The lowest BCUT2D eigenvalue weighted by Gasteiger charge is -2.19. The summed E-state index contributed by atoms with van der Waals surface area (Å²) in [4.78, 5) is 11.6. The molecule has 0 radical (unpaired) electrons. The van der Waals surface area contributed by atoms with Crippen molar-refractivity contribution in [2.45, 2.75) is 26.7 Å². The number of hydrogen-bond acceptors (Lipinski definition) is 2. The van der Waals surface area contributed by atoms with Crippen LogP contribution in [0.15, 0.2) is 22.7 Å². The number of rotatable bonds is 4. The summed E-state index contributed by atoms with van der Waals surface area (Å²) in [7, 11) is 0. The molecular weight excluding hydrogens is 287 g/mol. The van der Waals surface area contributed by atoms with Gasteiger partial charge in [0.25, 0.3) is 0 Å². The first-order valence-electron chi connectivity index (χ1n) is 5.59. The van der Waals surface area contributed by atoms with Crippen LogP contribution in [0.3, 0.4) is 0 Å². The van der Waals surface area contributed by atoms with E-state index in [4.69, 9.17) is 4.74 Å². The third-order valence-corrected chi connectivity index (χ3v) is 3.35. The van der Waals surface area contributed by atoms with Gasteiger partial charge in [0.05, 0.1) is 12.5 Å². The number of esters is 1. The van der Waals surface area contributed by atoms with Crippen molar-refractivity contribution in [3.63, 3.8) is 0 Å². The maximum Gasteiger partial charge on any atom is 0.309 e. The Labute approximate surface area is 109 Å². The van der Waals surface area contributed by atoms with E-state index in [1.54, 1.807) is 26.0 Å². The van der Waals surface area contributed by atoms with Crippen LogP contribution < -0.4 is 0 Å². The Kier molecular flexibility index (Phi) is 5.12. The Morgan fingerprint density at radius 3 is 2.65 bits per heavy atom. The van der Waals surface area contributed by atoms with E-state index in [2.05, 4.69) is 15.9 Å². The molecular formula is C13H16BrFO2. The van der Waals surface area contributed by atoms with Gasteiger partial charge < -0.3 is 4.74 Å². The van der Waals surface area contributed by atoms with Crippen LogP contribution in [-0.2, 0) is 9.53 Å². The quantitative estimate of drug-likeness (QED) is 0.789. The van der Waals surface area contributed by atoms with Gasteiger partial charge in [-0.05, 0) is 30.5 Å². The van der Waals surface area contributed by atoms with Gasteiger partial charge in [-0.15, -0.1) is 0 Å². The standard InChI is InChI=1S/C13H16BrFO2/c1-4-17-13(16)9(3)8(2)11-6-5-10(14)7-12(11)15/h5-9H,4H2,1-3H3/t8-,9-/m1/s1. The Hall–Kier alpha value is -0.900. The Morgan fingerprint density at radius 1 is 1.47 bits per heavy atom. The molecule has 0 unspecified atom stereocenters. The summed E-state index contributed by atoms with van der Waals surface area (Å²) in [6.07, 6.45) is 0. The topological polar surface area (TPSA) is 26.3 Å². The molecule has 0 saturated carbocycles. The second kappa shape index (κ2) is 6.15. The van der Waals surface area contributed by atoms with Crippen molar-refractivity contribution >= 4 is 21.9 Å². The van der Waals surface area contributed by atoms with E-state index in [1.165, 1.54) is 6.07 Å². The zero-order valence-electron chi connectivity index (χ0n) is 10.2. The smallest absolute Gasteiger partial charge is 0.309 e. The predicted octanol–water partition coefficient (Wildman–Crippen LogP) is 3.89. The number of carbonyl (C=O) groups excluding carboxylic acids is 1. The number of ether oxygens (including phenoxy) is 1. The molecule has 0 saturated heterocycles. The molecule has 94 valence electrons. The molecule has 17 heavy (non-hydrogen) atoms. The Bertz CT molecular complexity index is 406. The second-order valence-corrected chi connectivity index (χ2v) is 4.91. The average molecular weight is 303 g/mol. The van der Waals surface area contributed by atoms with Gasteiger partial charge in [0.15, 0.2) is 0 Å². The molecule has 0 bridgehead atoms. The van der Waals surface area contributed by atoms with E-state index in [-0.39, 0.29) is 23.6 Å². The molecule has 0 spiro atoms. The molecule has 0 amide bonds. The SMILES string of the molecule is CCOC(=O)[C@H](C)[C@@H](C)c1ccc(Br)cc1F. The van der Waals surface area contributed by atoms with Crippen LogP contribution in [0.2, 0.25) is 0 Å². The lowest BCUT2D eigenvalue weighted by Crippen LogP contribution is -2.20. The first kappa shape index (κ1) is 14.2. The Morgan fingerprint density at radius 2 is 2.12 bits per heavy atom. The molecule has 1 aromatic rings. The molecule has 1 aromatic carbocycles. The second-order valence-electron chi connectivity index (χ2n) is 4.00. The van der Waals surface area contributed by atoms with Gasteiger partial charge >= 0.3 is 5.97 Å². The first-order chi connectivity index (χ1) is 7.97. The fourth-order valence-electron chi connectivity index (χ4n) is 1.62. The fourth-order valence-corrected chi connectivity index (χ4v) is 1.95. The van der Waals surface area contributed by atoms with Crippen LogP contribution in [0.4, 0.5) is 4.39 Å². The zero-order chi connectivity index (χ0) is 13.0. The summed E-state index contributed by atoms with van der Waals surface area (Å²) in [6, 6.07) is 4.87. The van der Waals surface area contributed by atoms with Crippen LogP contribution in [0.25, 0.3) is 0 Å². The van der Waals surface area contributed by atoms with E-state index in [0.29, 0.717) is 16.6 Å². The molecule has 0 heterocycles. The Balaban J connectivity index is 2.88. The molecule has 0 aliphatic heterocycles. The monoisotopic (exact) mass is 302 g/mol. The average Bonchev–Trinajstić information content (AvgIpc) is 2.27. The highest BCUT2D eigenvalue weighted by atomic mass is 79.9. The minimum atomic E-state index is -0.356. The highest BCUT2D eigenvalue weighted by Gasteiger charge is 2.24. The predicted molar refractivity (Wildman–Crippen MR) is 68.3 cm³/mol. The number of halogens is 2. The molecule has 2 nitrogen and oxygen atoms in total. The summed E-state index contributed by atoms with van der Waals surface area (Å²) in [5.41, 5.74) is 0.536. The van der Waals surface area contributed by atoms with Crippen LogP contribution in [-0.4, -0.2) is 12.6 Å². The van der Waals surface area contributed by atoms with Crippen LogP contribution in [0.5, 0.6) is 0 Å². The number of carbonyl (C=O) groups is 1. The van der Waals surface area contributed by atoms with Crippen molar-refractivity contribution in [2.75, 3.05) is 6.61 Å². The van der Waals surface area contributed by atoms with Crippen LogP contribution in [0.1, 0.15) is 32.3 Å². The van der Waals surface area contributed by atoms with Crippen molar-refractivity contribution in [2.24, 2.45) is 5.92 Å². The fraction of sp³-hybridized carbons (Fsp3) is 0.462. The third-order valence-electron chi connectivity index (χ3n) is 2.86. The van der Waals surface area contributed by atoms with Gasteiger partial charge in [0, 0.05) is 4.47 Å². The molecule has 0 fully saturated rings. The van der Waals surface area contributed by atoms with Gasteiger partial charge in [0.1, 0.15) is 5.82 Å². The van der Waals surface area contributed by atoms with Gasteiger partial charge in [0.2, 0.25) is 0 Å². The summed E-state index contributed by atoms with van der Waals surface area (Å²) in [5.74, 6) is -1.15. The van der Waals surface area contributed by atoms with Crippen molar-refractivity contribution in [3.05, 3.63) is 34.1 Å². The highest BCUT2D eigenvalue weighted by Crippen LogP contribution is 2.28. The van der Waals surface area contributed by atoms with Gasteiger partial charge in [-0.25, -0.2) is 4.39 Å². The molecule has 0 aliphatic carbocycles. The summed E-state index contributed by atoms with van der Waals surface area (Å²) < 4.78 is 19.4. The van der Waals surface area contributed by atoms with E-state index < -0.39 is 0 Å². The zero-order valence-corrected chi connectivity index (χ0v) is 11.8. The summed E-state index contributed by atoms with van der Waals surface area (Å²) in [5, 5.41) is 0. The van der Waals surface area contributed by atoms with E-state index in [9.17, 15) is 9.18 Å². The molecule has 0 aromatic heterocycles.